The van der Waals surface area contributed by atoms with Crippen molar-refractivity contribution in [3.05, 3.63) is 34.1 Å². The molecule has 1 atom stereocenters. The van der Waals surface area contributed by atoms with Crippen LogP contribution in [-0.2, 0) is 16.0 Å². The zero-order valence-corrected chi connectivity index (χ0v) is 20.3. The molecule has 0 aliphatic carbocycles. The summed E-state index contributed by atoms with van der Waals surface area (Å²) in [5.41, 5.74) is 0.689. The molecule has 2 rings (SSSR count). The zero-order valence-electron chi connectivity index (χ0n) is 16.3. The summed E-state index contributed by atoms with van der Waals surface area (Å²) in [4.78, 5) is 17.6. The Morgan fingerprint density at radius 3 is 2.82 bits per heavy atom. The molecular weight excluding hydrogens is 542 g/mol. The number of amides is 1. The molecule has 158 valence electrons. The van der Waals surface area contributed by atoms with Crippen molar-refractivity contribution < 1.29 is 13.9 Å². The van der Waals surface area contributed by atoms with Gasteiger partial charge in [0.25, 0.3) is 0 Å². The zero-order chi connectivity index (χ0) is 19.6. The maximum atomic E-state index is 13.9. The molecule has 0 spiro atoms. The summed E-state index contributed by atoms with van der Waals surface area (Å²) in [5.74, 6) is 0.313. The summed E-state index contributed by atoms with van der Waals surface area (Å²) < 4.78 is 20.2. The maximum Gasteiger partial charge on any atom is 0.243 e. The Kier molecular flexibility index (Phi) is 11.9. The Bertz CT molecular complexity index is 655. The average molecular weight is 571 g/mol. The molecule has 1 fully saturated rings. The number of nitrogens with one attached hydrogen (secondary N) is 2. The molecule has 1 aliphatic rings. The number of halogens is 3. The fourth-order valence-electron chi connectivity index (χ4n) is 2.69. The minimum atomic E-state index is -0.202. The highest BCUT2D eigenvalue weighted by Crippen LogP contribution is 2.16. The summed E-state index contributed by atoms with van der Waals surface area (Å²) in [7, 11) is 3.41. The summed E-state index contributed by atoms with van der Waals surface area (Å²) in [6.07, 6.45) is 3.66. The van der Waals surface area contributed by atoms with Gasteiger partial charge in [0.05, 0.1) is 6.10 Å². The third-order valence-electron chi connectivity index (χ3n) is 4.32. The van der Waals surface area contributed by atoms with Gasteiger partial charge in [-0.3, -0.25) is 4.79 Å². The Labute approximate surface area is 191 Å². The third-order valence-corrected chi connectivity index (χ3v) is 4.82. The van der Waals surface area contributed by atoms with Crippen LogP contribution in [0.4, 0.5) is 4.39 Å². The van der Waals surface area contributed by atoms with E-state index in [-0.39, 0.29) is 48.3 Å². The van der Waals surface area contributed by atoms with E-state index < -0.39 is 0 Å². The van der Waals surface area contributed by atoms with Crippen LogP contribution in [0.25, 0.3) is 0 Å². The molecular formula is C19H29BrFIN4O2. The van der Waals surface area contributed by atoms with Crippen molar-refractivity contribution in [3.63, 3.8) is 0 Å². The lowest BCUT2D eigenvalue weighted by atomic mass is 10.1. The van der Waals surface area contributed by atoms with Gasteiger partial charge in [0.2, 0.25) is 5.91 Å². The number of ether oxygens (including phenoxy) is 1. The number of aliphatic imine (C=N–C) groups is 1. The average Bonchev–Trinajstić information content (AvgIpc) is 3.14. The van der Waals surface area contributed by atoms with Crippen molar-refractivity contribution in [2.45, 2.75) is 31.8 Å². The van der Waals surface area contributed by atoms with Crippen LogP contribution >= 0.6 is 39.9 Å². The van der Waals surface area contributed by atoms with E-state index in [0.29, 0.717) is 31.0 Å². The summed E-state index contributed by atoms with van der Waals surface area (Å²) in [5, 5.41) is 6.46. The standard InChI is InChI=1S/C19H28BrFN4O2.HI/c1-25(2)18(26)13-24-19(23-12-16-6-4-10-27-16)22-9-3-5-14-7-8-15(20)11-17(14)21;/h7-8,11,16H,3-6,9-10,12-13H2,1-2H3,(H2,22,23,24);1H. The van der Waals surface area contributed by atoms with E-state index in [9.17, 15) is 9.18 Å². The fraction of sp³-hybridized carbons (Fsp3) is 0.579. The molecule has 1 aliphatic heterocycles. The first-order valence-electron chi connectivity index (χ1n) is 9.23. The molecule has 2 N–H and O–H groups in total. The molecule has 0 aromatic heterocycles. The second kappa shape index (κ2) is 13.3. The highest BCUT2D eigenvalue weighted by Gasteiger charge is 2.15. The lowest BCUT2D eigenvalue weighted by Crippen LogP contribution is -2.42. The van der Waals surface area contributed by atoms with Crippen LogP contribution in [0.5, 0.6) is 0 Å². The third kappa shape index (κ3) is 9.04. The number of aryl methyl sites for hydroxylation is 1. The monoisotopic (exact) mass is 570 g/mol. The van der Waals surface area contributed by atoms with Gasteiger partial charge < -0.3 is 20.3 Å². The number of hydrogen-bond donors (Lipinski definition) is 2. The van der Waals surface area contributed by atoms with E-state index in [1.165, 1.54) is 11.0 Å². The molecule has 1 aromatic carbocycles. The van der Waals surface area contributed by atoms with Crippen molar-refractivity contribution in [2.75, 3.05) is 40.3 Å². The van der Waals surface area contributed by atoms with Crippen molar-refractivity contribution >= 4 is 51.8 Å². The van der Waals surface area contributed by atoms with Gasteiger partial charge in [0.1, 0.15) is 12.4 Å². The smallest absolute Gasteiger partial charge is 0.243 e. The van der Waals surface area contributed by atoms with Crippen LogP contribution in [0.3, 0.4) is 0 Å². The normalized spacial score (nSPS) is 16.4. The largest absolute Gasteiger partial charge is 0.376 e. The number of likely N-dealkylation sites (N-methyl/N-ethyl adjacent to an activating group) is 1. The van der Waals surface area contributed by atoms with Crippen LogP contribution in [0, 0.1) is 5.82 Å². The van der Waals surface area contributed by atoms with Gasteiger partial charge in [-0.25, -0.2) is 9.38 Å². The Balaban J connectivity index is 0.00000392. The molecule has 1 amide bonds. The molecule has 1 heterocycles. The van der Waals surface area contributed by atoms with Gasteiger partial charge in [-0.15, -0.1) is 24.0 Å². The van der Waals surface area contributed by atoms with Crippen molar-refractivity contribution in [1.29, 1.82) is 0 Å². The lowest BCUT2D eigenvalue weighted by molar-refractivity contribution is -0.127. The molecule has 0 saturated carbocycles. The number of nitrogens with zero attached hydrogens (tertiary/aromatic N) is 2. The number of rotatable bonds is 8. The Hall–Kier alpha value is -0.940. The molecule has 0 radical (unpaired) electrons. The Morgan fingerprint density at radius 1 is 1.39 bits per heavy atom. The summed E-state index contributed by atoms with van der Waals surface area (Å²) in [6, 6.07) is 5.11. The minimum Gasteiger partial charge on any atom is -0.376 e. The van der Waals surface area contributed by atoms with Gasteiger partial charge in [-0.2, -0.15) is 0 Å². The van der Waals surface area contributed by atoms with E-state index in [4.69, 9.17) is 4.74 Å². The molecule has 1 saturated heterocycles. The second-order valence-electron chi connectivity index (χ2n) is 6.73. The van der Waals surface area contributed by atoms with Crippen LogP contribution in [-0.4, -0.2) is 63.2 Å². The van der Waals surface area contributed by atoms with E-state index in [2.05, 4.69) is 31.6 Å². The van der Waals surface area contributed by atoms with Gasteiger partial charge in [-0.05, 0) is 43.4 Å². The highest BCUT2D eigenvalue weighted by molar-refractivity contribution is 14.0. The van der Waals surface area contributed by atoms with Gasteiger partial charge >= 0.3 is 0 Å². The summed E-state index contributed by atoms with van der Waals surface area (Å²) in [6.45, 7) is 2.16. The van der Waals surface area contributed by atoms with Crippen molar-refractivity contribution in [2.24, 2.45) is 4.99 Å². The van der Waals surface area contributed by atoms with Crippen LogP contribution in [0.15, 0.2) is 27.7 Å². The maximum absolute atomic E-state index is 13.9. The molecule has 28 heavy (non-hydrogen) atoms. The molecule has 0 bridgehead atoms. The topological polar surface area (TPSA) is 66.0 Å². The number of benzene rings is 1. The first kappa shape index (κ1) is 25.1. The van der Waals surface area contributed by atoms with Crippen molar-refractivity contribution in [3.8, 4) is 0 Å². The van der Waals surface area contributed by atoms with E-state index in [0.717, 1.165) is 30.3 Å². The van der Waals surface area contributed by atoms with Crippen molar-refractivity contribution in [1.82, 2.24) is 15.5 Å². The number of guanidine groups is 1. The molecule has 1 unspecified atom stereocenters. The number of carbonyl (C=O) groups excluding carboxylic acids is 1. The highest BCUT2D eigenvalue weighted by atomic mass is 127. The Morgan fingerprint density at radius 2 is 2.18 bits per heavy atom. The minimum absolute atomic E-state index is 0. The fourth-order valence-corrected chi connectivity index (χ4v) is 3.02. The molecule has 1 aromatic rings. The first-order chi connectivity index (χ1) is 13.0. The quantitative estimate of drug-likeness (QED) is 0.218. The first-order valence-corrected chi connectivity index (χ1v) is 10.0. The van der Waals surface area contributed by atoms with Gasteiger partial charge in [0, 0.05) is 38.3 Å². The van der Waals surface area contributed by atoms with Gasteiger partial charge in [0.15, 0.2) is 5.96 Å². The van der Waals surface area contributed by atoms with E-state index in [1.807, 2.05) is 6.07 Å². The summed E-state index contributed by atoms with van der Waals surface area (Å²) >= 11 is 3.26. The second-order valence-corrected chi connectivity index (χ2v) is 7.65. The predicted molar refractivity (Wildman–Crippen MR) is 124 cm³/mol. The van der Waals surface area contributed by atoms with Crippen LogP contribution < -0.4 is 10.6 Å². The van der Waals surface area contributed by atoms with Crippen LogP contribution in [0.1, 0.15) is 24.8 Å². The molecule has 6 nitrogen and oxygen atoms in total. The van der Waals surface area contributed by atoms with Crippen LogP contribution in [0.2, 0.25) is 0 Å². The lowest BCUT2D eigenvalue weighted by Gasteiger charge is -2.16. The molecule has 9 heteroatoms. The van der Waals surface area contributed by atoms with E-state index in [1.54, 1.807) is 20.2 Å². The van der Waals surface area contributed by atoms with Gasteiger partial charge in [-0.1, -0.05) is 22.0 Å². The van der Waals surface area contributed by atoms with E-state index >= 15 is 0 Å². The number of carbonyl (C=O) groups is 1. The number of hydrogen-bond acceptors (Lipinski definition) is 3. The SMILES string of the molecule is CN(C)C(=O)CN=C(NCCCc1ccc(Br)cc1F)NCC1CCCO1.I. The predicted octanol–water partition coefficient (Wildman–Crippen LogP) is 2.94.